The van der Waals surface area contributed by atoms with Gasteiger partial charge in [-0.2, -0.15) is 4.73 Å². The first-order chi connectivity index (χ1) is 18.5. The number of piperidine rings is 1. The third-order valence-electron chi connectivity index (χ3n) is 8.42. The molecule has 196 valence electrons. The van der Waals surface area contributed by atoms with Crippen molar-refractivity contribution in [1.82, 2.24) is 14.9 Å². The Morgan fingerprint density at radius 2 is 1.95 bits per heavy atom. The number of aromatic amines is 1. The lowest BCUT2D eigenvalue weighted by Crippen LogP contribution is -2.41. The number of aromatic nitrogens is 3. The van der Waals surface area contributed by atoms with E-state index >= 15 is 0 Å². The number of rotatable bonds is 5. The molecule has 0 radical (unpaired) electrons. The minimum Gasteiger partial charge on any atom is -0.619 e. The lowest BCUT2D eigenvalue weighted by molar-refractivity contribution is -0.605. The molecular formula is C31H33ClN4O2. The minimum atomic E-state index is 0.122. The number of carbonyl (C=O) groups is 1. The molecule has 0 bridgehead atoms. The predicted octanol–water partition coefficient (Wildman–Crippen LogP) is 5.51. The van der Waals surface area contributed by atoms with E-state index in [0.29, 0.717) is 12.3 Å². The summed E-state index contributed by atoms with van der Waals surface area (Å²) in [6.07, 6.45) is 13.1. The molecule has 0 saturated carbocycles. The van der Waals surface area contributed by atoms with E-state index in [-0.39, 0.29) is 11.8 Å². The van der Waals surface area contributed by atoms with Crippen LogP contribution >= 0.6 is 11.6 Å². The van der Waals surface area contributed by atoms with Crippen molar-refractivity contribution in [2.75, 3.05) is 13.1 Å². The van der Waals surface area contributed by atoms with Crippen LogP contribution in [0.5, 0.6) is 0 Å². The number of aryl methyl sites for hydroxylation is 3. The average molecular weight is 529 g/mol. The third-order valence-corrected chi connectivity index (χ3v) is 8.72. The monoisotopic (exact) mass is 528 g/mol. The van der Waals surface area contributed by atoms with Crippen LogP contribution in [0.15, 0.2) is 55.1 Å². The van der Waals surface area contributed by atoms with Crippen LogP contribution in [0.1, 0.15) is 65.6 Å². The summed E-state index contributed by atoms with van der Waals surface area (Å²) in [6.45, 7) is 3.69. The molecule has 1 aromatic carbocycles. The largest absolute Gasteiger partial charge is 0.619 e. The van der Waals surface area contributed by atoms with Crippen LogP contribution in [-0.4, -0.2) is 33.9 Å². The fraction of sp³-hybridized carbons (Fsp3) is 0.387. The van der Waals surface area contributed by atoms with E-state index in [2.05, 4.69) is 30.2 Å². The molecule has 2 aliphatic rings. The predicted molar refractivity (Wildman–Crippen MR) is 149 cm³/mol. The molecule has 3 aromatic heterocycles. The molecule has 0 unspecified atom stereocenters. The summed E-state index contributed by atoms with van der Waals surface area (Å²) in [5, 5.41) is 13.4. The molecule has 1 aliphatic carbocycles. The molecule has 38 heavy (non-hydrogen) atoms. The molecule has 1 aliphatic heterocycles. The first-order valence-corrected chi connectivity index (χ1v) is 14.1. The van der Waals surface area contributed by atoms with Crippen molar-refractivity contribution in [2.24, 2.45) is 5.92 Å². The van der Waals surface area contributed by atoms with Gasteiger partial charge in [0, 0.05) is 48.9 Å². The van der Waals surface area contributed by atoms with E-state index in [0.717, 1.165) is 72.4 Å². The highest BCUT2D eigenvalue weighted by atomic mass is 35.5. The van der Waals surface area contributed by atoms with Gasteiger partial charge in [-0.05, 0) is 78.0 Å². The maximum atomic E-state index is 13.1. The first-order valence-electron chi connectivity index (χ1n) is 13.7. The summed E-state index contributed by atoms with van der Waals surface area (Å²) in [6, 6.07) is 9.91. The second-order valence-corrected chi connectivity index (χ2v) is 11.1. The van der Waals surface area contributed by atoms with Gasteiger partial charge in [-0.25, -0.2) is 0 Å². The van der Waals surface area contributed by atoms with Gasteiger partial charge in [-0.3, -0.25) is 9.78 Å². The highest BCUT2D eigenvalue weighted by Crippen LogP contribution is 2.47. The molecule has 1 N–H and O–H groups in total. The summed E-state index contributed by atoms with van der Waals surface area (Å²) in [5.74, 6) is 0.681. The van der Waals surface area contributed by atoms with Gasteiger partial charge in [-0.15, -0.1) is 0 Å². The molecule has 1 saturated heterocycles. The van der Waals surface area contributed by atoms with Crippen LogP contribution in [0, 0.1) is 11.1 Å². The normalized spacial score (nSPS) is 17.7. The molecule has 4 heterocycles. The number of amides is 1. The van der Waals surface area contributed by atoms with Gasteiger partial charge in [0.15, 0.2) is 12.4 Å². The highest BCUT2D eigenvalue weighted by molar-refractivity contribution is 6.35. The van der Waals surface area contributed by atoms with Gasteiger partial charge >= 0.3 is 0 Å². The van der Waals surface area contributed by atoms with Gasteiger partial charge < -0.3 is 15.1 Å². The van der Waals surface area contributed by atoms with E-state index in [1.54, 1.807) is 12.1 Å². The van der Waals surface area contributed by atoms with Crippen molar-refractivity contribution in [3.8, 4) is 0 Å². The van der Waals surface area contributed by atoms with Gasteiger partial charge in [0.25, 0.3) is 0 Å². The van der Waals surface area contributed by atoms with E-state index < -0.39 is 0 Å². The Kier molecular flexibility index (Phi) is 6.83. The number of likely N-dealkylation sites (tertiary alicyclic amines) is 1. The number of nitrogens with zero attached hydrogens (tertiary/aromatic N) is 3. The number of H-pyrrole nitrogens is 1. The quantitative estimate of drug-likeness (QED) is 0.274. The van der Waals surface area contributed by atoms with Crippen molar-refractivity contribution in [2.45, 2.75) is 57.8 Å². The highest BCUT2D eigenvalue weighted by Gasteiger charge is 2.36. The molecule has 1 amide bonds. The van der Waals surface area contributed by atoms with Crippen LogP contribution < -0.4 is 4.73 Å². The van der Waals surface area contributed by atoms with Gasteiger partial charge in [-0.1, -0.05) is 31.0 Å². The Balaban J connectivity index is 1.34. The number of carbonyl (C=O) groups excluding carboxylic acids is 1. The van der Waals surface area contributed by atoms with Crippen molar-refractivity contribution >= 4 is 28.4 Å². The Hall–Kier alpha value is -3.38. The van der Waals surface area contributed by atoms with Crippen LogP contribution in [0.4, 0.5) is 0 Å². The smallest absolute Gasteiger partial charge is 0.226 e. The van der Waals surface area contributed by atoms with E-state index in [1.807, 2.05) is 17.2 Å². The van der Waals surface area contributed by atoms with Gasteiger partial charge in [0.05, 0.1) is 22.7 Å². The van der Waals surface area contributed by atoms with Gasteiger partial charge in [0.1, 0.15) is 0 Å². The third kappa shape index (κ3) is 4.55. The van der Waals surface area contributed by atoms with E-state index in [1.165, 1.54) is 45.7 Å². The Labute approximate surface area is 228 Å². The van der Waals surface area contributed by atoms with E-state index in [9.17, 15) is 10.0 Å². The zero-order chi connectivity index (χ0) is 26.2. The first kappa shape index (κ1) is 24.9. The van der Waals surface area contributed by atoms with Crippen molar-refractivity contribution in [3.05, 3.63) is 98.9 Å². The van der Waals surface area contributed by atoms with Crippen molar-refractivity contribution < 1.29 is 9.52 Å². The van der Waals surface area contributed by atoms with Crippen molar-refractivity contribution in [3.63, 3.8) is 0 Å². The summed E-state index contributed by atoms with van der Waals surface area (Å²) in [4.78, 5) is 23.6. The summed E-state index contributed by atoms with van der Waals surface area (Å²) < 4.78 is 0.747. The fourth-order valence-electron chi connectivity index (χ4n) is 6.59. The van der Waals surface area contributed by atoms with Crippen LogP contribution in [0.25, 0.3) is 10.9 Å². The second kappa shape index (κ2) is 10.4. The topological polar surface area (TPSA) is 75.9 Å². The lowest BCUT2D eigenvalue weighted by Gasteiger charge is -2.37. The van der Waals surface area contributed by atoms with Crippen molar-refractivity contribution in [1.29, 1.82) is 0 Å². The molecular weight excluding hydrogens is 496 g/mol. The second-order valence-electron chi connectivity index (χ2n) is 10.7. The Morgan fingerprint density at radius 3 is 2.71 bits per heavy atom. The van der Waals surface area contributed by atoms with Crippen LogP contribution in [0.3, 0.4) is 0 Å². The fourth-order valence-corrected chi connectivity index (χ4v) is 6.87. The number of pyridine rings is 2. The van der Waals surface area contributed by atoms with E-state index in [4.69, 9.17) is 16.6 Å². The number of fused-ring (bicyclic) bond motifs is 4. The molecule has 4 aromatic rings. The molecule has 1 atom stereocenters. The zero-order valence-electron chi connectivity index (χ0n) is 21.8. The summed E-state index contributed by atoms with van der Waals surface area (Å²) >= 11 is 6.82. The number of hydrogen-bond acceptors (Lipinski definition) is 3. The molecule has 7 heteroatoms. The summed E-state index contributed by atoms with van der Waals surface area (Å²) in [5.41, 5.74) is 8.48. The Morgan fingerprint density at radius 1 is 1.18 bits per heavy atom. The number of hydrogen-bond donors (Lipinski definition) is 1. The lowest BCUT2D eigenvalue weighted by atomic mass is 9.75. The molecule has 6 rings (SSSR count). The number of halogens is 1. The zero-order valence-corrected chi connectivity index (χ0v) is 22.5. The number of benzene rings is 1. The standard InChI is InChI=1S/C31H33ClN4O2/c1-2-4-24-19-34-31-25(32)18-23-7-6-22-5-3-12-33-30(22)28(27(23)29(24)31)21-10-13-35(14-11-21)26(37)17-20-8-15-36(38)16-9-20/h3,5,8-9,12,15-16,18-19,21,28,34H,2,4,6-7,10-11,13-14,17H2,1H3/t28-/m0/s1. The number of nitrogens with one attached hydrogen (secondary N) is 1. The maximum absolute atomic E-state index is 13.1. The SMILES string of the molecule is CCCc1c[nH]c2c(Cl)cc3c(c12)[C@H](C1CCN(C(=O)Cc2cc[n+]([O-])cc2)CC1)c1ncccc1CC3. The van der Waals surface area contributed by atoms with Crippen LogP contribution in [0.2, 0.25) is 5.02 Å². The molecule has 6 nitrogen and oxygen atoms in total. The van der Waals surface area contributed by atoms with Crippen LogP contribution in [-0.2, 0) is 30.5 Å². The maximum Gasteiger partial charge on any atom is 0.226 e. The molecule has 1 fully saturated rings. The minimum absolute atomic E-state index is 0.122. The molecule has 0 spiro atoms. The summed E-state index contributed by atoms with van der Waals surface area (Å²) in [7, 11) is 0. The Bertz CT molecular complexity index is 1470. The average Bonchev–Trinajstić information content (AvgIpc) is 3.28. The van der Waals surface area contributed by atoms with Gasteiger partial charge in [0.2, 0.25) is 5.91 Å².